The summed E-state index contributed by atoms with van der Waals surface area (Å²) < 4.78 is 4.82. The second kappa shape index (κ2) is 9.11. The van der Waals surface area contributed by atoms with Gasteiger partial charge in [0.15, 0.2) is 0 Å². The first-order chi connectivity index (χ1) is 14.4. The minimum atomic E-state index is -0.872. The molecule has 1 aromatic carbocycles. The highest BCUT2D eigenvalue weighted by Crippen LogP contribution is 2.38. The topological polar surface area (TPSA) is 105 Å². The van der Waals surface area contributed by atoms with E-state index in [0.29, 0.717) is 18.7 Å². The molecule has 30 heavy (non-hydrogen) atoms. The van der Waals surface area contributed by atoms with Gasteiger partial charge < -0.3 is 15.4 Å². The number of hydrogen-bond acceptors (Lipinski definition) is 5. The molecule has 8 heteroatoms. The fourth-order valence-electron chi connectivity index (χ4n) is 4.02. The number of carbonyl (C=O) groups is 4. The monoisotopic (exact) mass is 413 g/mol. The standard InChI is InChI=1S/C22H27N3O5/c1-3-30-19(27)12-9-16-7-10-17(11-8-16)23-18(26)14-25-20(28)22(24-21(25)29)13-5-4-6-15(22)2/h7-12,15H,3-6,13-14H2,1-2H3,(H,23,26)(H,24,29)/b12-9+. The van der Waals surface area contributed by atoms with Crippen LogP contribution in [-0.4, -0.2) is 47.4 Å². The summed E-state index contributed by atoms with van der Waals surface area (Å²) in [7, 11) is 0. The summed E-state index contributed by atoms with van der Waals surface area (Å²) in [5, 5.41) is 5.54. The van der Waals surface area contributed by atoms with Gasteiger partial charge >= 0.3 is 12.0 Å². The molecule has 160 valence electrons. The number of imide groups is 1. The van der Waals surface area contributed by atoms with Gasteiger partial charge in [-0.15, -0.1) is 0 Å². The van der Waals surface area contributed by atoms with Crippen molar-refractivity contribution in [3.63, 3.8) is 0 Å². The van der Waals surface area contributed by atoms with E-state index >= 15 is 0 Å². The van der Waals surface area contributed by atoms with Crippen LogP contribution in [0.4, 0.5) is 10.5 Å². The molecule has 1 aliphatic heterocycles. The highest BCUT2D eigenvalue weighted by atomic mass is 16.5. The lowest BCUT2D eigenvalue weighted by atomic mass is 9.73. The van der Waals surface area contributed by atoms with Gasteiger partial charge in [-0.05, 0) is 49.5 Å². The Morgan fingerprint density at radius 3 is 2.67 bits per heavy atom. The van der Waals surface area contributed by atoms with Gasteiger partial charge in [-0.2, -0.15) is 0 Å². The number of hydrogen-bond donors (Lipinski definition) is 2. The second-order valence-electron chi connectivity index (χ2n) is 7.70. The average Bonchev–Trinajstić information content (AvgIpc) is 2.95. The van der Waals surface area contributed by atoms with Crippen molar-refractivity contribution < 1.29 is 23.9 Å². The third kappa shape index (κ3) is 4.53. The Morgan fingerprint density at radius 1 is 1.27 bits per heavy atom. The molecule has 1 heterocycles. The van der Waals surface area contributed by atoms with Crippen LogP contribution in [0.5, 0.6) is 0 Å². The Kier molecular flexibility index (Phi) is 6.54. The maximum atomic E-state index is 12.9. The first kappa shape index (κ1) is 21.5. The lowest BCUT2D eigenvalue weighted by Crippen LogP contribution is -2.54. The van der Waals surface area contributed by atoms with E-state index in [2.05, 4.69) is 10.6 Å². The molecule has 2 atom stereocenters. The molecule has 8 nitrogen and oxygen atoms in total. The number of benzene rings is 1. The van der Waals surface area contributed by atoms with E-state index in [1.54, 1.807) is 37.3 Å². The van der Waals surface area contributed by atoms with Crippen LogP contribution in [-0.2, 0) is 19.1 Å². The van der Waals surface area contributed by atoms with Gasteiger partial charge in [0.25, 0.3) is 5.91 Å². The van der Waals surface area contributed by atoms with Crippen LogP contribution < -0.4 is 10.6 Å². The zero-order valence-corrected chi connectivity index (χ0v) is 17.3. The molecule has 2 unspecified atom stereocenters. The van der Waals surface area contributed by atoms with Gasteiger partial charge in [-0.1, -0.05) is 31.9 Å². The maximum absolute atomic E-state index is 12.9. The number of nitrogens with one attached hydrogen (secondary N) is 2. The van der Waals surface area contributed by atoms with Gasteiger partial charge in [0, 0.05) is 11.8 Å². The number of amides is 4. The molecular weight excluding hydrogens is 386 g/mol. The predicted octanol–water partition coefficient (Wildman–Crippen LogP) is 2.70. The predicted molar refractivity (Wildman–Crippen MR) is 111 cm³/mol. The Morgan fingerprint density at radius 2 is 2.00 bits per heavy atom. The molecule has 1 aliphatic carbocycles. The van der Waals surface area contributed by atoms with Gasteiger partial charge in [0.05, 0.1) is 6.61 Å². The van der Waals surface area contributed by atoms with E-state index in [0.717, 1.165) is 29.7 Å². The summed E-state index contributed by atoms with van der Waals surface area (Å²) in [5.41, 5.74) is 0.423. The Labute approximate surface area is 175 Å². The van der Waals surface area contributed by atoms with Crippen molar-refractivity contribution >= 4 is 35.6 Å². The summed E-state index contributed by atoms with van der Waals surface area (Å²) in [6.45, 7) is 3.69. The van der Waals surface area contributed by atoms with Gasteiger partial charge in [-0.3, -0.25) is 14.5 Å². The highest BCUT2D eigenvalue weighted by Gasteiger charge is 2.55. The molecule has 2 N–H and O–H groups in total. The molecule has 3 rings (SSSR count). The van der Waals surface area contributed by atoms with E-state index in [9.17, 15) is 19.2 Å². The molecule has 2 aliphatic rings. The van der Waals surface area contributed by atoms with Gasteiger partial charge in [-0.25, -0.2) is 9.59 Å². The van der Waals surface area contributed by atoms with Crippen molar-refractivity contribution in [2.75, 3.05) is 18.5 Å². The van der Waals surface area contributed by atoms with Crippen molar-refractivity contribution in [2.45, 2.75) is 45.1 Å². The zero-order valence-electron chi connectivity index (χ0n) is 17.3. The normalized spacial score (nSPS) is 23.7. The maximum Gasteiger partial charge on any atom is 0.330 e. The quantitative estimate of drug-likeness (QED) is 0.424. The van der Waals surface area contributed by atoms with E-state index in [-0.39, 0.29) is 18.4 Å². The minimum absolute atomic E-state index is 0.0472. The number of anilines is 1. The van der Waals surface area contributed by atoms with Crippen LogP contribution in [0.2, 0.25) is 0 Å². The molecule has 0 aromatic heterocycles. The van der Waals surface area contributed by atoms with Crippen LogP contribution >= 0.6 is 0 Å². The summed E-state index contributed by atoms with van der Waals surface area (Å²) in [6.07, 6.45) is 6.35. The summed E-state index contributed by atoms with van der Waals surface area (Å²) in [5.74, 6) is -1.14. The molecule has 1 saturated heterocycles. The van der Waals surface area contributed by atoms with Crippen molar-refractivity contribution in [1.82, 2.24) is 10.2 Å². The van der Waals surface area contributed by atoms with E-state index in [4.69, 9.17) is 4.74 Å². The molecule has 1 saturated carbocycles. The van der Waals surface area contributed by atoms with Crippen molar-refractivity contribution in [1.29, 1.82) is 0 Å². The Balaban J connectivity index is 1.58. The van der Waals surface area contributed by atoms with Gasteiger partial charge in [0.2, 0.25) is 5.91 Å². The van der Waals surface area contributed by atoms with Crippen LogP contribution in [0.15, 0.2) is 30.3 Å². The fourth-order valence-corrected chi connectivity index (χ4v) is 4.02. The molecule has 2 fully saturated rings. The smallest absolute Gasteiger partial charge is 0.330 e. The highest BCUT2D eigenvalue weighted by molar-refractivity contribution is 6.10. The molecule has 0 bridgehead atoms. The van der Waals surface area contributed by atoms with E-state index < -0.39 is 23.4 Å². The number of esters is 1. The Bertz CT molecular complexity index is 864. The van der Waals surface area contributed by atoms with Crippen molar-refractivity contribution in [3.05, 3.63) is 35.9 Å². The lowest BCUT2D eigenvalue weighted by Gasteiger charge is -2.36. The van der Waals surface area contributed by atoms with Gasteiger partial charge in [0.1, 0.15) is 12.1 Å². The molecular formula is C22H27N3O5. The molecule has 1 spiro atoms. The van der Waals surface area contributed by atoms with E-state index in [1.807, 2.05) is 6.92 Å². The Hall–Kier alpha value is -3.16. The number of rotatable bonds is 6. The number of carbonyl (C=O) groups excluding carboxylic acids is 4. The average molecular weight is 413 g/mol. The third-order valence-corrected chi connectivity index (χ3v) is 5.70. The lowest BCUT2D eigenvalue weighted by molar-refractivity contribution is -0.137. The largest absolute Gasteiger partial charge is 0.463 e. The van der Waals surface area contributed by atoms with Crippen LogP contribution in [0.1, 0.15) is 45.1 Å². The van der Waals surface area contributed by atoms with Crippen LogP contribution in [0, 0.1) is 5.92 Å². The van der Waals surface area contributed by atoms with Crippen molar-refractivity contribution in [2.24, 2.45) is 5.92 Å². The number of nitrogens with zero attached hydrogens (tertiary/aromatic N) is 1. The summed E-state index contributed by atoms with van der Waals surface area (Å²) in [4.78, 5) is 50.1. The number of urea groups is 1. The summed E-state index contributed by atoms with van der Waals surface area (Å²) >= 11 is 0. The fraction of sp³-hybridized carbons (Fsp3) is 0.455. The zero-order chi connectivity index (χ0) is 21.7. The molecule has 0 radical (unpaired) electrons. The minimum Gasteiger partial charge on any atom is -0.463 e. The van der Waals surface area contributed by atoms with E-state index in [1.165, 1.54) is 6.08 Å². The summed E-state index contributed by atoms with van der Waals surface area (Å²) in [6, 6.07) is 6.32. The SMILES string of the molecule is CCOC(=O)/C=C/c1ccc(NC(=O)CN2C(=O)NC3(CCCCC3C)C2=O)cc1. The second-order valence-corrected chi connectivity index (χ2v) is 7.70. The number of ether oxygens (including phenoxy) is 1. The molecule has 1 aromatic rings. The third-order valence-electron chi connectivity index (χ3n) is 5.70. The van der Waals surface area contributed by atoms with Crippen LogP contribution in [0.25, 0.3) is 6.08 Å². The first-order valence-corrected chi connectivity index (χ1v) is 10.2. The molecule has 4 amide bonds. The van der Waals surface area contributed by atoms with Crippen LogP contribution in [0.3, 0.4) is 0 Å². The first-order valence-electron chi connectivity index (χ1n) is 10.2. The van der Waals surface area contributed by atoms with Crippen molar-refractivity contribution in [3.8, 4) is 0 Å².